The topological polar surface area (TPSA) is 24.4 Å². The van der Waals surface area contributed by atoms with Gasteiger partial charge in [-0.15, -0.1) is 0 Å². The van der Waals surface area contributed by atoms with Crippen LogP contribution in [0.5, 0.6) is 0 Å². The van der Waals surface area contributed by atoms with Crippen LogP contribution in [-0.2, 0) is 0 Å². The normalized spacial score (nSPS) is 16.5. The maximum Gasteiger partial charge on any atom is 0.125 e. The Morgan fingerprint density at radius 1 is 1.19 bits per heavy atom. The highest BCUT2D eigenvalue weighted by molar-refractivity contribution is 5.95. The second kappa shape index (κ2) is 5.10. The molecule has 1 aromatic rings. The van der Waals surface area contributed by atoms with Crippen molar-refractivity contribution in [3.8, 4) is 0 Å². The second-order valence-electron chi connectivity index (χ2n) is 4.28. The van der Waals surface area contributed by atoms with Crippen LogP contribution in [0.15, 0.2) is 23.2 Å². The number of anilines is 1. The molecule has 0 saturated carbocycles. The minimum absolute atomic E-state index is 0.197. The summed E-state index contributed by atoms with van der Waals surface area (Å²) in [4.78, 5) is 4.46. The number of halogens is 1. The molecule has 2 rings (SSSR count). The Labute approximate surface area is 95.6 Å². The van der Waals surface area contributed by atoms with E-state index in [9.17, 15) is 4.39 Å². The summed E-state index contributed by atoms with van der Waals surface area (Å²) >= 11 is 0. The van der Waals surface area contributed by atoms with Crippen LogP contribution in [0, 0.1) is 12.7 Å². The maximum atomic E-state index is 13.2. The van der Waals surface area contributed by atoms with Crippen LogP contribution in [0.2, 0.25) is 0 Å². The average Bonchev–Trinajstić information content (AvgIpc) is 2.44. The zero-order valence-electron chi connectivity index (χ0n) is 9.59. The monoisotopic (exact) mass is 220 g/mol. The van der Waals surface area contributed by atoms with E-state index in [-0.39, 0.29) is 5.82 Å². The van der Waals surface area contributed by atoms with E-state index in [1.807, 2.05) is 13.0 Å². The molecule has 1 aliphatic rings. The summed E-state index contributed by atoms with van der Waals surface area (Å²) < 4.78 is 13.2. The molecule has 0 aromatic heterocycles. The van der Waals surface area contributed by atoms with Crippen molar-refractivity contribution in [1.29, 1.82) is 0 Å². The number of amidine groups is 1. The molecule has 0 radical (unpaired) electrons. The fraction of sp³-hybridized carbons (Fsp3) is 0.462. The van der Waals surface area contributed by atoms with Crippen LogP contribution in [0.3, 0.4) is 0 Å². The predicted octanol–water partition coefficient (Wildman–Crippen LogP) is 3.52. The molecule has 0 bridgehead atoms. The minimum atomic E-state index is -0.197. The molecule has 0 unspecified atom stereocenters. The Kier molecular flexibility index (Phi) is 3.54. The van der Waals surface area contributed by atoms with Crippen molar-refractivity contribution in [2.45, 2.75) is 32.6 Å². The molecule has 0 atom stereocenters. The molecule has 0 spiro atoms. The highest BCUT2D eigenvalue weighted by Crippen LogP contribution is 2.15. The highest BCUT2D eigenvalue weighted by atomic mass is 19.1. The van der Waals surface area contributed by atoms with Crippen LogP contribution in [-0.4, -0.2) is 12.4 Å². The van der Waals surface area contributed by atoms with Crippen LogP contribution in [0.1, 0.15) is 31.2 Å². The van der Waals surface area contributed by atoms with Crippen LogP contribution < -0.4 is 5.32 Å². The smallest absolute Gasteiger partial charge is 0.125 e. The summed E-state index contributed by atoms with van der Waals surface area (Å²) in [7, 11) is 0. The van der Waals surface area contributed by atoms with Gasteiger partial charge in [-0.1, -0.05) is 6.42 Å². The van der Waals surface area contributed by atoms with Gasteiger partial charge in [-0.25, -0.2) is 4.39 Å². The number of aryl methyl sites for hydroxylation is 1. The Morgan fingerprint density at radius 3 is 2.88 bits per heavy atom. The quantitative estimate of drug-likeness (QED) is 0.769. The first-order valence-corrected chi connectivity index (χ1v) is 5.81. The van der Waals surface area contributed by atoms with Crippen molar-refractivity contribution in [3.63, 3.8) is 0 Å². The van der Waals surface area contributed by atoms with Gasteiger partial charge in [0.2, 0.25) is 0 Å². The standard InChI is InChI=1S/C13H17FN2/c1-10-7-11(14)9-12(8-10)16-13-5-3-2-4-6-15-13/h7-9H,2-6H2,1H3,(H,15,16). The first kappa shape index (κ1) is 11.1. The molecule has 3 heteroatoms. The number of aliphatic imine (C=N–C) groups is 1. The molecule has 1 N–H and O–H groups in total. The number of benzene rings is 1. The van der Waals surface area contributed by atoms with Gasteiger partial charge in [-0.05, 0) is 43.5 Å². The molecule has 2 nitrogen and oxygen atoms in total. The largest absolute Gasteiger partial charge is 0.344 e. The average molecular weight is 220 g/mol. The Hall–Kier alpha value is -1.38. The molecular weight excluding hydrogens is 203 g/mol. The Morgan fingerprint density at radius 2 is 2.06 bits per heavy atom. The molecule has 86 valence electrons. The SMILES string of the molecule is Cc1cc(F)cc(NC2=NCCCCC2)c1. The van der Waals surface area contributed by atoms with Crippen LogP contribution in [0.4, 0.5) is 10.1 Å². The lowest BCUT2D eigenvalue weighted by molar-refractivity contribution is 0.627. The number of nitrogens with one attached hydrogen (secondary N) is 1. The van der Waals surface area contributed by atoms with Crippen molar-refractivity contribution in [2.24, 2.45) is 4.99 Å². The summed E-state index contributed by atoms with van der Waals surface area (Å²) in [6.45, 7) is 2.78. The van der Waals surface area contributed by atoms with Crippen molar-refractivity contribution in [3.05, 3.63) is 29.6 Å². The number of hydrogen-bond donors (Lipinski definition) is 1. The maximum absolute atomic E-state index is 13.2. The minimum Gasteiger partial charge on any atom is -0.344 e. The van der Waals surface area contributed by atoms with E-state index >= 15 is 0 Å². The molecule has 0 aliphatic carbocycles. The van der Waals surface area contributed by atoms with Crippen molar-refractivity contribution in [2.75, 3.05) is 11.9 Å². The van der Waals surface area contributed by atoms with E-state index in [1.165, 1.54) is 25.0 Å². The Bertz CT molecular complexity index is 379. The van der Waals surface area contributed by atoms with Gasteiger partial charge in [0.1, 0.15) is 11.7 Å². The van der Waals surface area contributed by atoms with E-state index in [0.29, 0.717) is 0 Å². The fourth-order valence-electron chi connectivity index (χ4n) is 1.95. The van der Waals surface area contributed by atoms with Crippen LogP contribution in [0.25, 0.3) is 0 Å². The third-order valence-electron chi connectivity index (χ3n) is 2.71. The first-order chi connectivity index (χ1) is 7.74. The van der Waals surface area contributed by atoms with Crippen molar-refractivity contribution >= 4 is 11.5 Å². The number of nitrogens with zero attached hydrogens (tertiary/aromatic N) is 1. The summed E-state index contributed by atoms with van der Waals surface area (Å²) in [6.07, 6.45) is 4.53. The lowest BCUT2D eigenvalue weighted by Gasteiger charge is -2.09. The van der Waals surface area contributed by atoms with Gasteiger partial charge in [-0.2, -0.15) is 0 Å². The summed E-state index contributed by atoms with van der Waals surface area (Å²) in [5, 5.41) is 3.21. The molecule has 16 heavy (non-hydrogen) atoms. The van der Waals surface area contributed by atoms with E-state index in [0.717, 1.165) is 36.5 Å². The van der Waals surface area contributed by atoms with Crippen molar-refractivity contribution in [1.82, 2.24) is 0 Å². The van der Waals surface area contributed by atoms with Gasteiger partial charge in [-0.3, -0.25) is 4.99 Å². The number of hydrogen-bond acceptors (Lipinski definition) is 2. The molecular formula is C13H17FN2. The third-order valence-corrected chi connectivity index (χ3v) is 2.71. The van der Waals surface area contributed by atoms with Gasteiger partial charge in [0, 0.05) is 18.7 Å². The summed E-state index contributed by atoms with van der Waals surface area (Å²) in [5.41, 5.74) is 1.73. The van der Waals surface area contributed by atoms with Gasteiger partial charge in [0.25, 0.3) is 0 Å². The summed E-state index contributed by atoms with van der Waals surface area (Å²) in [6, 6.07) is 4.98. The van der Waals surface area contributed by atoms with E-state index < -0.39 is 0 Å². The van der Waals surface area contributed by atoms with E-state index in [1.54, 1.807) is 0 Å². The first-order valence-electron chi connectivity index (χ1n) is 5.81. The van der Waals surface area contributed by atoms with E-state index in [4.69, 9.17) is 0 Å². The summed E-state index contributed by atoms with van der Waals surface area (Å²) in [5.74, 6) is 0.791. The van der Waals surface area contributed by atoms with Gasteiger partial charge >= 0.3 is 0 Å². The lowest BCUT2D eigenvalue weighted by Crippen LogP contribution is -2.11. The van der Waals surface area contributed by atoms with Gasteiger partial charge < -0.3 is 5.32 Å². The predicted molar refractivity (Wildman–Crippen MR) is 65.5 cm³/mol. The third kappa shape index (κ3) is 3.05. The van der Waals surface area contributed by atoms with Crippen molar-refractivity contribution < 1.29 is 4.39 Å². The highest BCUT2D eigenvalue weighted by Gasteiger charge is 2.05. The van der Waals surface area contributed by atoms with Gasteiger partial charge in [0.05, 0.1) is 0 Å². The zero-order chi connectivity index (χ0) is 11.4. The van der Waals surface area contributed by atoms with E-state index in [2.05, 4.69) is 10.3 Å². The number of rotatable bonds is 1. The fourth-order valence-corrected chi connectivity index (χ4v) is 1.95. The zero-order valence-corrected chi connectivity index (χ0v) is 9.59. The molecule has 1 heterocycles. The molecule has 0 saturated heterocycles. The van der Waals surface area contributed by atoms with Gasteiger partial charge in [0.15, 0.2) is 0 Å². The van der Waals surface area contributed by atoms with Crippen LogP contribution >= 0.6 is 0 Å². The molecule has 0 amide bonds. The lowest BCUT2D eigenvalue weighted by atomic mass is 10.2. The molecule has 0 fully saturated rings. The molecule has 1 aromatic carbocycles. The Balaban J connectivity index is 2.10. The molecule has 1 aliphatic heterocycles. The second-order valence-corrected chi connectivity index (χ2v) is 4.28.